The van der Waals surface area contributed by atoms with Gasteiger partial charge in [0.15, 0.2) is 5.78 Å². The van der Waals surface area contributed by atoms with Crippen LogP contribution in [0.25, 0.3) is 16.9 Å². The van der Waals surface area contributed by atoms with Crippen molar-refractivity contribution in [2.75, 3.05) is 5.73 Å². The van der Waals surface area contributed by atoms with Gasteiger partial charge < -0.3 is 10.1 Å². The second-order valence-electron chi connectivity index (χ2n) is 5.96. The molecule has 1 aromatic carbocycles. The van der Waals surface area contributed by atoms with E-state index in [1.165, 1.54) is 0 Å². The molecule has 0 saturated heterocycles. The lowest BCUT2D eigenvalue weighted by atomic mass is 10.0. The van der Waals surface area contributed by atoms with Crippen LogP contribution in [0.15, 0.2) is 48.8 Å². The van der Waals surface area contributed by atoms with Crippen LogP contribution in [-0.2, 0) is 0 Å². The number of carbonyl (C=O) groups is 1. The number of carbonyl (C=O) groups excluding carboxylic acids is 1. The highest BCUT2D eigenvalue weighted by Gasteiger charge is 2.11. The number of anilines is 1. The molecule has 3 aromatic rings. The average molecular weight is 293 g/mol. The van der Waals surface area contributed by atoms with E-state index in [9.17, 15) is 4.79 Å². The molecule has 112 valence electrons. The van der Waals surface area contributed by atoms with E-state index in [4.69, 9.17) is 5.73 Å². The van der Waals surface area contributed by atoms with Crippen molar-refractivity contribution in [2.45, 2.75) is 20.3 Å². The Balaban J connectivity index is 1.98. The minimum atomic E-state index is 0.163. The molecule has 0 aliphatic heterocycles. The number of nitrogens with two attached hydrogens (primary N) is 1. The van der Waals surface area contributed by atoms with Crippen molar-refractivity contribution in [3.05, 3.63) is 54.4 Å². The monoisotopic (exact) mass is 293 g/mol. The summed E-state index contributed by atoms with van der Waals surface area (Å²) in [5.41, 5.74) is 9.89. The van der Waals surface area contributed by atoms with Gasteiger partial charge in [-0.1, -0.05) is 26.0 Å². The lowest BCUT2D eigenvalue weighted by molar-refractivity contribution is 0.0967. The third-order valence-electron chi connectivity index (χ3n) is 3.55. The van der Waals surface area contributed by atoms with E-state index < -0.39 is 0 Å². The third-order valence-corrected chi connectivity index (χ3v) is 3.55. The van der Waals surface area contributed by atoms with Crippen LogP contribution in [0.3, 0.4) is 0 Å². The molecule has 0 spiro atoms. The summed E-state index contributed by atoms with van der Waals surface area (Å²) in [6.45, 7) is 4.09. The SMILES string of the molecule is CC(C)CC(=O)c1ccc2nc(-c3cccc(N)c3)cn2c1. The van der Waals surface area contributed by atoms with Crippen molar-refractivity contribution in [3.8, 4) is 11.3 Å². The zero-order chi connectivity index (χ0) is 15.7. The quantitative estimate of drug-likeness (QED) is 0.587. The van der Waals surface area contributed by atoms with Gasteiger partial charge in [0.25, 0.3) is 0 Å². The molecular weight excluding hydrogens is 274 g/mol. The van der Waals surface area contributed by atoms with E-state index >= 15 is 0 Å². The normalized spacial score (nSPS) is 11.2. The van der Waals surface area contributed by atoms with Crippen molar-refractivity contribution >= 4 is 17.1 Å². The fraction of sp³-hybridized carbons (Fsp3) is 0.222. The van der Waals surface area contributed by atoms with Crippen molar-refractivity contribution in [3.63, 3.8) is 0 Å². The summed E-state index contributed by atoms with van der Waals surface area (Å²) in [4.78, 5) is 16.8. The van der Waals surface area contributed by atoms with E-state index in [0.717, 1.165) is 22.5 Å². The van der Waals surface area contributed by atoms with Gasteiger partial charge in [0.2, 0.25) is 0 Å². The smallest absolute Gasteiger partial charge is 0.164 e. The minimum Gasteiger partial charge on any atom is -0.399 e. The van der Waals surface area contributed by atoms with Crippen LogP contribution in [0, 0.1) is 5.92 Å². The van der Waals surface area contributed by atoms with Gasteiger partial charge in [-0.2, -0.15) is 0 Å². The first-order valence-electron chi connectivity index (χ1n) is 7.41. The van der Waals surface area contributed by atoms with Crippen LogP contribution in [0.2, 0.25) is 0 Å². The first kappa shape index (κ1) is 14.3. The predicted molar refractivity (Wildman–Crippen MR) is 88.8 cm³/mol. The molecule has 0 radical (unpaired) electrons. The Morgan fingerprint density at radius 1 is 1.23 bits per heavy atom. The maximum absolute atomic E-state index is 12.2. The molecule has 2 aromatic heterocycles. The van der Waals surface area contributed by atoms with E-state index in [-0.39, 0.29) is 5.78 Å². The summed E-state index contributed by atoms with van der Waals surface area (Å²) in [7, 11) is 0. The topological polar surface area (TPSA) is 60.4 Å². The van der Waals surface area contributed by atoms with Gasteiger partial charge >= 0.3 is 0 Å². The summed E-state index contributed by atoms with van der Waals surface area (Å²) < 4.78 is 1.89. The highest BCUT2D eigenvalue weighted by molar-refractivity contribution is 5.96. The van der Waals surface area contributed by atoms with Crippen molar-refractivity contribution in [1.82, 2.24) is 9.38 Å². The molecule has 0 atom stereocenters. The second kappa shape index (κ2) is 5.64. The van der Waals surface area contributed by atoms with Crippen molar-refractivity contribution in [2.24, 2.45) is 5.92 Å². The van der Waals surface area contributed by atoms with E-state index in [1.54, 1.807) is 0 Å². The number of nitrogen functional groups attached to an aromatic ring is 1. The molecule has 3 rings (SSSR count). The van der Waals surface area contributed by atoms with Gasteiger partial charge in [0.1, 0.15) is 5.65 Å². The summed E-state index contributed by atoms with van der Waals surface area (Å²) in [6.07, 6.45) is 4.33. The lowest BCUT2D eigenvalue weighted by Gasteiger charge is -2.04. The van der Waals surface area contributed by atoms with Crippen LogP contribution >= 0.6 is 0 Å². The maximum Gasteiger partial charge on any atom is 0.164 e. The molecule has 0 fully saturated rings. The van der Waals surface area contributed by atoms with E-state index in [2.05, 4.69) is 4.98 Å². The summed E-state index contributed by atoms with van der Waals surface area (Å²) in [6, 6.07) is 11.4. The highest BCUT2D eigenvalue weighted by Crippen LogP contribution is 2.22. The number of hydrogen-bond donors (Lipinski definition) is 1. The molecule has 0 aliphatic rings. The maximum atomic E-state index is 12.2. The highest BCUT2D eigenvalue weighted by atomic mass is 16.1. The number of hydrogen-bond acceptors (Lipinski definition) is 3. The van der Waals surface area contributed by atoms with Crippen LogP contribution in [-0.4, -0.2) is 15.2 Å². The molecule has 2 heterocycles. The number of nitrogens with zero attached hydrogens (tertiary/aromatic N) is 2. The summed E-state index contributed by atoms with van der Waals surface area (Å²) >= 11 is 0. The predicted octanol–water partition coefficient (Wildman–Crippen LogP) is 3.81. The molecule has 2 N–H and O–H groups in total. The minimum absolute atomic E-state index is 0.163. The van der Waals surface area contributed by atoms with Crippen LogP contribution in [0.1, 0.15) is 30.6 Å². The Bertz CT molecular complexity index is 833. The van der Waals surface area contributed by atoms with E-state index in [0.29, 0.717) is 18.0 Å². The van der Waals surface area contributed by atoms with Gasteiger partial charge in [0, 0.05) is 35.6 Å². The number of benzene rings is 1. The Morgan fingerprint density at radius 2 is 2.05 bits per heavy atom. The fourth-order valence-electron chi connectivity index (χ4n) is 2.48. The molecule has 0 bridgehead atoms. The van der Waals surface area contributed by atoms with Gasteiger partial charge in [-0.25, -0.2) is 4.98 Å². The molecule has 0 aliphatic carbocycles. The number of rotatable bonds is 4. The standard InChI is InChI=1S/C18H19N3O/c1-12(2)8-17(22)14-6-7-18-20-16(11-21(18)10-14)13-4-3-5-15(19)9-13/h3-7,9-12H,8,19H2,1-2H3. The Morgan fingerprint density at radius 3 is 2.77 bits per heavy atom. The zero-order valence-corrected chi connectivity index (χ0v) is 12.8. The number of pyridine rings is 1. The van der Waals surface area contributed by atoms with Crippen LogP contribution < -0.4 is 5.73 Å². The molecule has 0 amide bonds. The summed E-state index contributed by atoms with van der Waals surface area (Å²) in [5, 5.41) is 0. The van der Waals surface area contributed by atoms with Gasteiger partial charge in [0.05, 0.1) is 5.69 Å². The van der Waals surface area contributed by atoms with Crippen LogP contribution in [0.4, 0.5) is 5.69 Å². The molecular formula is C18H19N3O. The van der Waals surface area contributed by atoms with Gasteiger partial charge in [-0.05, 0) is 30.2 Å². The van der Waals surface area contributed by atoms with E-state index in [1.807, 2.05) is 67.0 Å². The number of Topliss-reactive ketones (excluding diaryl/α,β-unsaturated/α-hetero) is 1. The van der Waals surface area contributed by atoms with Gasteiger partial charge in [-0.3, -0.25) is 4.79 Å². The molecule has 22 heavy (non-hydrogen) atoms. The first-order chi connectivity index (χ1) is 10.5. The van der Waals surface area contributed by atoms with Gasteiger partial charge in [-0.15, -0.1) is 0 Å². The number of imidazole rings is 1. The molecule has 4 nitrogen and oxygen atoms in total. The van der Waals surface area contributed by atoms with Crippen molar-refractivity contribution < 1.29 is 4.79 Å². The number of ketones is 1. The zero-order valence-electron chi connectivity index (χ0n) is 12.8. The number of aromatic nitrogens is 2. The second-order valence-corrected chi connectivity index (χ2v) is 5.96. The Hall–Kier alpha value is -2.62. The third kappa shape index (κ3) is 2.86. The summed E-state index contributed by atoms with van der Waals surface area (Å²) in [5.74, 6) is 0.518. The lowest BCUT2D eigenvalue weighted by Crippen LogP contribution is -2.04. The average Bonchev–Trinajstić information content (AvgIpc) is 2.89. The fourth-order valence-corrected chi connectivity index (χ4v) is 2.48. The Kier molecular flexibility index (Phi) is 3.67. The Labute approximate surface area is 129 Å². The largest absolute Gasteiger partial charge is 0.399 e. The molecule has 0 saturated carbocycles. The molecule has 4 heteroatoms. The number of fused-ring (bicyclic) bond motifs is 1. The van der Waals surface area contributed by atoms with Crippen molar-refractivity contribution in [1.29, 1.82) is 0 Å². The molecule has 0 unspecified atom stereocenters. The first-order valence-corrected chi connectivity index (χ1v) is 7.41. The van der Waals surface area contributed by atoms with Crippen LogP contribution in [0.5, 0.6) is 0 Å².